The number of likely N-dealkylation sites (N-methyl/N-ethyl adjacent to an activating group) is 1. The molecule has 0 aromatic heterocycles. The quantitative estimate of drug-likeness (QED) is 0.558. The fraction of sp³-hybridized carbons (Fsp3) is 0.529. The minimum Gasteiger partial charge on any atom is -0.464 e. The first-order valence-corrected chi connectivity index (χ1v) is 7.70. The first-order valence-electron chi connectivity index (χ1n) is 7.70. The van der Waals surface area contributed by atoms with Crippen LogP contribution in [-0.2, 0) is 15.7 Å². The fourth-order valence-corrected chi connectivity index (χ4v) is 2.11. The van der Waals surface area contributed by atoms with Crippen LogP contribution in [-0.4, -0.2) is 37.0 Å². The Kier molecular flexibility index (Phi) is 7.25. The average molecular weight is 345 g/mol. The van der Waals surface area contributed by atoms with E-state index in [1.807, 2.05) is 13.8 Å². The van der Waals surface area contributed by atoms with Crippen molar-refractivity contribution in [1.82, 2.24) is 4.90 Å². The van der Waals surface area contributed by atoms with E-state index in [0.717, 1.165) is 23.5 Å². The van der Waals surface area contributed by atoms with Gasteiger partial charge in [-0.3, -0.25) is 9.59 Å². The highest BCUT2D eigenvalue weighted by Gasteiger charge is 2.35. The second kappa shape index (κ2) is 8.70. The second-order valence-corrected chi connectivity index (χ2v) is 5.96. The highest BCUT2D eigenvalue weighted by atomic mass is 19.4. The van der Waals surface area contributed by atoms with Crippen molar-refractivity contribution in [3.63, 3.8) is 0 Å². The third-order valence-corrected chi connectivity index (χ3v) is 3.36. The highest BCUT2D eigenvalue weighted by Crippen LogP contribution is 2.32. The van der Waals surface area contributed by atoms with Crippen LogP contribution in [0.25, 0.3) is 0 Å². The summed E-state index contributed by atoms with van der Waals surface area (Å²) in [6, 6.07) is 4.49. The smallest absolute Gasteiger partial charge is 0.417 e. The van der Waals surface area contributed by atoms with Crippen LogP contribution in [0.3, 0.4) is 0 Å². The van der Waals surface area contributed by atoms with Gasteiger partial charge in [0.1, 0.15) is 6.54 Å². The topological polar surface area (TPSA) is 46.6 Å². The van der Waals surface area contributed by atoms with Crippen LogP contribution >= 0.6 is 0 Å². The molecule has 0 saturated heterocycles. The molecule has 1 amide bonds. The number of halogens is 3. The van der Waals surface area contributed by atoms with Gasteiger partial charge in [-0.1, -0.05) is 26.0 Å². The zero-order valence-electron chi connectivity index (χ0n) is 14.0. The molecule has 0 aliphatic heterocycles. The number of ether oxygens (including phenoxy) is 1. The first-order chi connectivity index (χ1) is 11.1. The lowest BCUT2D eigenvalue weighted by Gasteiger charge is -2.19. The van der Waals surface area contributed by atoms with E-state index in [-0.39, 0.29) is 6.61 Å². The van der Waals surface area contributed by atoms with Gasteiger partial charge < -0.3 is 9.64 Å². The third-order valence-electron chi connectivity index (χ3n) is 3.36. The molecular formula is C17H22F3NO3. The summed E-state index contributed by atoms with van der Waals surface area (Å²) in [5.41, 5.74) is -1.51. The summed E-state index contributed by atoms with van der Waals surface area (Å²) in [6.45, 7) is 3.93. The molecule has 7 heteroatoms. The third kappa shape index (κ3) is 6.22. The molecule has 0 radical (unpaired) electrons. The molecular weight excluding hydrogens is 323 g/mol. The van der Waals surface area contributed by atoms with Crippen molar-refractivity contribution in [2.24, 2.45) is 5.92 Å². The van der Waals surface area contributed by atoms with Crippen molar-refractivity contribution >= 4 is 11.9 Å². The van der Waals surface area contributed by atoms with Gasteiger partial charge in [-0.25, -0.2) is 0 Å². The molecule has 0 aliphatic rings. The summed E-state index contributed by atoms with van der Waals surface area (Å²) < 4.78 is 43.8. The SMILES string of the molecule is CC(C)CCCOC(=O)CN(C)C(=O)c1ccccc1C(F)(F)F. The fourth-order valence-electron chi connectivity index (χ4n) is 2.11. The second-order valence-electron chi connectivity index (χ2n) is 5.96. The number of esters is 1. The molecule has 0 N–H and O–H groups in total. The van der Waals surface area contributed by atoms with Crippen LogP contribution < -0.4 is 0 Å². The Morgan fingerprint density at radius 1 is 1.21 bits per heavy atom. The van der Waals surface area contributed by atoms with Gasteiger partial charge in [0.2, 0.25) is 0 Å². The van der Waals surface area contributed by atoms with Crippen molar-refractivity contribution < 1.29 is 27.5 Å². The number of alkyl halides is 3. The molecule has 0 unspecified atom stereocenters. The van der Waals surface area contributed by atoms with Gasteiger partial charge in [-0.05, 0) is 30.9 Å². The number of amides is 1. The van der Waals surface area contributed by atoms with Gasteiger partial charge >= 0.3 is 12.1 Å². The Hall–Kier alpha value is -2.05. The van der Waals surface area contributed by atoms with Gasteiger partial charge in [0.05, 0.1) is 17.7 Å². The molecule has 4 nitrogen and oxygen atoms in total. The first kappa shape index (κ1) is 20.0. The van der Waals surface area contributed by atoms with Gasteiger partial charge in [0.15, 0.2) is 0 Å². The maximum absolute atomic E-state index is 12.9. The molecule has 0 saturated carbocycles. The van der Waals surface area contributed by atoms with E-state index >= 15 is 0 Å². The maximum atomic E-state index is 12.9. The van der Waals surface area contributed by atoms with Crippen LogP contribution in [0, 0.1) is 5.92 Å². The lowest BCUT2D eigenvalue weighted by molar-refractivity contribution is -0.144. The number of hydrogen-bond donors (Lipinski definition) is 0. The van der Waals surface area contributed by atoms with E-state index in [0.29, 0.717) is 12.3 Å². The minimum absolute atomic E-state index is 0.234. The number of nitrogens with zero attached hydrogens (tertiary/aromatic N) is 1. The molecule has 0 fully saturated rings. The van der Waals surface area contributed by atoms with E-state index in [9.17, 15) is 22.8 Å². The van der Waals surface area contributed by atoms with E-state index in [2.05, 4.69) is 0 Å². The minimum atomic E-state index is -4.63. The normalized spacial score (nSPS) is 11.5. The molecule has 134 valence electrons. The summed E-state index contributed by atoms with van der Waals surface area (Å²) in [4.78, 5) is 24.8. The van der Waals surface area contributed by atoms with Crippen molar-refractivity contribution in [2.75, 3.05) is 20.2 Å². The monoisotopic (exact) mass is 345 g/mol. The van der Waals surface area contributed by atoms with Crippen molar-refractivity contribution in [3.8, 4) is 0 Å². The molecule has 0 bridgehead atoms. The summed E-state index contributed by atoms with van der Waals surface area (Å²) >= 11 is 0. The van der Waals surface area contributed by atoms with Crippen LogP contribution in [0.1, 0.15) is 42.6 Å². The number of carbonyl (C=O) groups excluding carboxylic acids is 2. The van der Waals surface area contributed by atoms with Gasteiger partial charge in [-0.15, -0.1) is 0 Å². The van der Waals surface area contributed by atoms with Gasteiger partial charge in [0.25, 0.3) is 5.91 Å². The molecule has 1 aromatic rings. The van der Waals surface area contributed by atoms with Gasteiger partial charge in [-0.2, -0.15) is 13.2 Å². The number of carbonyl (C=O) groups is 2. The van der Waals surface area contributed by atoms with E-state index in [1.165, 1.54) is 19.2 Å². The van der Waals surface area contributed by atoms with Crippen molar-refractivity contribution in [2.45, 2.75) is 32.9 Å². The van der Waals surface area contributed by atoms with Crippen LogP contribution in [0.2, 0.25) is 0 Å². The summed E-state index contributed by atoms with van der Waals surface area (Å²) in [7, 11) is 1.27. The lowest BCUT2D eigenvalue weighted by atomic mass is 10.1. The Labute approximate surface area is 139 Å². The van der Waals surface area contributed by atoms with Crippen LogP contribution in [0.15, 0.2) is 24.3 Å². The lowest BCUT2D eigenvalue weighted by Crippen LogP contribution is -2.34. The Morgan fingerprint density at radius 2 is 1.83 bits per heavy atom. The summed E-state index contributed by atoms with van der Waals surface area (Å²) in [5.74, 6) is -1.02. The number of benzene rings is 1. The molecule has 0 heterocycles. The Balaban J connectivity index is 2.64. The zero-order valence-corrected chi connectivity index (χ0v) is 14.0. The average Bonchev–Trinajstić information content (AvgIpc) is 2.49. The van der Waals surface area contributed by atoms with Crippen molar-refractivity contribution in [1.29, 1.82) is 0 Å². The number of rotatable bonds is 7. The largest absolute Gasteiger partial charge is 0.464 e. The molecule has 0 spiro atoms. The summed E-state index contributed by atoms with van der Waals surface area (Å²) in [6.07, 6.45) is -3.02. The summed E-state index contributed by atoms with van der Waals surface area (Å²) in [5, 5.41) is 0. The zero-order chi connectivity index (χ0) is 18.3. The molecule has 24 heavy (non-hydrogen) atoms. The van der Waals surface area contributed by atoms with Crippen molar-refractivity contribution in [3.05, 3.63) is 35.4 Å². The number of hydrogen-bond acceptors (Lipinski definition) is 3. The Bertz CT molecular complexity index is 570. The molecule has 0 aliphatic carbocycles. The molecule has 1 aromatic carbocycles. The maximum Gasteiger partial charge on any atom is 0.417 e. The van der Waals surface area contributed by atoms with E-state index in [4.69, 9.17) is 4.74 Å². The van der Waals surface area contributed by atoms with E-state index < -0.39 is 35.7 Å². The van der Waals surface area contributed by atoms with Crippen LogP contribution in [0.4, 0.5) is 13.2 Å². The molecule has 1 rings (SSSR count). The predicted molar refractivity (Wildman–Crippen MR) is 83.4 cm³/mol. The van der Waals surface area contributed by atoms with Gasteiger partial charge in [0, 0.05) is 7.05 Å². The van der Waals surface area contributed by atoms with E-state index in [1.54, 1.807) is 0 Å². The molecule has 0 atom stereocenters. The Morgan fingerprint density at radius 3 is 2.42 bits per heavy atom. The standard InChI is InChI=1S/C17H22F3NO3/c1-12(2)7-6-10-24-15(22)11-21(3)16(23)13-8-4-5-9-14(13)17(18,19)20/h4-5,8-9,12H,6-7,10-11H2,1-3H3. The van der Waals surface area contributed by atoms with Crippen LogP contribution in [0.5, 0.6) is 0 Å². The predicted octanol–water partition coefficient (Wildman–Crippen LogP) is 3.76. The highest BCUT2D eigenvalue weighted by molar-refractivity contribution is 5.97.